The van der Waals surface area contributed by atoms with Gasteiger partial charge >= 0.3 is 5.97 Å². The average molecular weight is 536 g/mol. The number of nitrogens with one attached hydrogen (secondary N) is 1. The number of sulfonamides is 1. The minimum atomic E-state index is -3.86. The van der Waals surface area contributed by atoms with Gasteiger partial charge in [-0.3, -0.25) is 9.78 Å². The molecule has 0 spiro atoms. The highest BCUT2D eigenvalue weighted by Crippen LogP contribution is 2.33. The molecule has 0 unspecified atom stereocenters. The van der Waals surface area contributed by atoms with E-state index in [0.29, 0.717) is 36.1 Å². The molecule has 0 radical (unpaired) electrons. The molecule has 2 aliphatic rings. The van der Waals surface area contributed by atoms with Crippen LogP contribution in [-0.4, -0.2) is 47.8 Å². The Bertz CT molecular complexity index is 1480. The van der Waals surface area contributed by atoms with Gasteiger partial charge in [-0.05, 0) is 74.3 Å². The number of hydrogen-bond donors (Lipinski definition) is 2. The molecule has 1 fully saturated rings. The molecule has 0 bridgehead atoms. The Hall–Kier alpha value is -3.30. The molecule has 9 heteroatoms. The lowest BCUT2D eigenvalue weighted by Gasteiger charge is -2.31. The number of carbonyl (C=O) groups excluding carboxylic acids is 1. The highest BCUT2D eigenvalue weighted by molar-refractivity contribution is 7.89. The van der Waals surface area contributed by atoms with E-state index in [2.05, 4.69) is 17.2 Å². The van der Waals surface area contributed by atoms with Crippen molar-refractivity contribution in [1.29, 1.82) is 0 Å². The van der Waals surface area contributed by atoms with Gasteiger partial charge in [-0.25, -0.2) is 13.2 Å². The molecule has 8 nitrogen and oxygen atoms in total. The molecule has 1 aromatic heterocycles. The summed E-state index contributed by atoms with van der Waals surface area (Å²) in [4.78, 5) is 29.9. The van der Waals surface area contributed by atoms with E-state index in [1.807, 2.05) is 37.3 Å². The normalized spacial score (nSPS) is 19.6. The van der Waals surface area contributed by atoms with Crippen LogP contribution in [0, 0.1) is 11.8 Å². The van der Waals surface area contributed by atoms with Crippen molar-refractivity contribution in [3.63, 3.8) is 0 Å². The Morgan fingerprint density at radius 1 is 1.08 bits per heavy atom. The Labute approximate surface area is 223 Å². The quantitative estimate of drug-likeness (QED) is 0.485. The number of aryl methyl sites for hydroxylation is 1. The number of carboxylic acid groups (broad SMARTS) is 1. The van der Waals surface area contributed by atoms with Crippen LogP contribution >= 0.6 is 0 Å². The Kier molecular flexibility index (Phi) is 7.24. The lowest BCUT2D eigenvalue weighted by atomic mass is 9.84. The molecular formula is C29H33N3O5S. The summed E-state index contributed by atoms with van der Waals surface area (Å²) in [6.45, 7) is 4.48. The van der Waals surface area contributed by atoms with Gasteiger partial charge in [0.05, 0.1) is 22.0 Å². The molecule has 1 aliphatic heterocycles. The number of benzene rings is 2. The third-order valence-electron chi connectivity index (χ3n) is 7.90. The molecule has 3 aromatic rings. The fourth-order valence-electron chi connectivity index (χ4n) is 5.66. The van der Waals surface area contributed by atoms with Crippen molar-refractivity contribution < 1.29 is 23.1 Å². The second-order valence-corrected chi connectivity index (χ2v) is 12.5. The van der Waals surface area contributed by atoms with Crippen molar-refractivity contribution in [3.05, 3.63) is 70.9 Å². The van der Waals surface area contributed by atoms with Gasteiger partial charge in [-0.15, -0.1) is 0 Å². The topological polar surface area (TPSA) is 117 Å². The highest BCUT2D eigenvalue weighted by Gasteiger charge is 2.33. The van der Waals surface area contributed by atoms with Gasteiger partial charge in [0.1, 0.15) is 0 Å². The summed E-state index contributed by atoms with van der Waals surface area (Å²) in [5.41, 5.74) is 3.19. The van der Waals surface area contributed by atoms with E-state index < -0.39 is 16.0 Å². The van der Waals surface area contributed by atoms with Crippen LogP contribution in [0.1, 0.15) is 66.3 Å². The van der Waals surface area contributed by atoms with Gasteiger partial charge in [0, 0.05) is 30.1 Å². The first kappa shape index (κ1) is 26.3. The zero-order valence-corrected chi connectivity index (χ0v) is 22.5. The molecular weight excluding hydrogens is 502 g/mol. The molecule has 38 heavy (non-hydrogen) atoms. The second-order valence-electron chi connectivity index (χ2n) is 10.6. The largest absolute Gasteiger partial charge is 0.478 e. The van der Waals surface area contributed by atoms with Crippen LogP contribution in [0.4, 0.5) is 0 Å². The predicted molar refractivity (Wildman–Crippen MR) is 144 cm³/mol. The van der Waals surface area contributed by atoms with Crippen molar-refractivity contribution in [2.75, 3.05) is 13.1 Å². The number of piperidine rings is 1. The van der Waals surface area contributed by atoms with Gasteiger partial charge < -0.3 is 10.4 Å². The summed E-state index contributed by atoms with van der Waals surface area (Å²) in [7, 11) is -3.86. The van der Waals surface area contributed by atoms with Crippen LogP contribution in [0.25, 0.3) is 10.9 Å². The lowest BCUT2D eigenvalue weighted by molar-refractivity contribution is -0.126. The van der Waals surface area contributed by atoms with Crippen molar-refractivity contribution >= 4 is 32.8 Å². The molecule has 5 rings (SSSR count). The van der Waals surface area contributed by atoms with Gasteiger partial charge in [-0.1, -0.05) is 37.3 Å². The molecule has 1 aliphatic carbocycles. The van der Waals surface area contributed by atoms with E-state index in [-0.39, 0.29) is 41.4 Å². The number of aromatic nitrogens is 1. The van der Waals surface area contributed by atoms with E-state index >= 15 is 0 Å². The van der Waals surface area contributed by atoms with E-state index in [1.54, 1.807) is 6.07 Å². The van der Waals surface area contributed by atoms with Crippen molar-refractivity contribution in [2.24, 2.45) is 11.8 Å². The van der Waals surface area contributed by atoms with Gasteiger partial charge in [0.25, 0.3) is 0 Å². The number of fused-ring (bicyclic) bond motifs is 2. The third-order valence-corrected chi connectivity index (χ3v) is 9.80. The van der Waals surface area contributed by atoms with E-state index in [9.17, 15) is 23.1 Å². The number of carboxylic acids is 1. The van der Waals surface area contributed by atoms with Crippen LogP contribution in [0.15, 0.2) is 53.4 Å². The first-order valence-electron chi connectivity index (χ1n) is 13.2. The molecule has 2 atom stereocenters. The Morgan fingerprint density at radius 2 is 1.79 bits per heavy atom. The number of rotatable bonds is 6. The van der Waals surface area contributed by atoms with Crippen molar-refractivity contribution in [1.82, 2.24) is 14.6 Å². The minimum absolute atomic E-state index is 0.0544. The number of pyridine rings is 1. The van der Waals surface area contributed by atoms with Crippen molar-refractivity contribution in [3.8, 4) is 0 Å². The van der Waals surface area contributed by atoms with Crippen LogP contribution in [0.3, 0.4) is 0 Å². The smallest absolute Gasteiger partial charge is 0.336 e. The van der Waals surface area contributed by atoms with Gasteiger partial charge in [0.15, 0.2) is 0 Å². The zero-order valence-electron chi connectivity index (χ0n) is 21.7. The number of hydrogen-bond acceptors (Lipinski definition) is 5. The summed E-state index contributed by atoms with van der Waals surface area (Å²) in [6.07, 6.45) is 3.14. The highest BCUT2D eigenvalue weighted by atomic mass is 32.2. The molecule has 2 N–H and O–H groups in total. The van der Waals surface area contributed by atoms with Crippen LogP contribution in [0.5, 0.6) is 0 Å². The number of amides is 1. The van der Waals surface area contributed by atoms with Crippen LogP contribution in [0.2, 0.25) is 0 Å². The summed E-state index contributed by atoms with van der Waals surface area (Å²) in [5.74, 6) is -1.05. The third kappa shape index (κ3) is 5.05. The monoisotopic (exact) mass is 535 g/mol. The maximum absolute atomic E-state index is 13.5. The predicted octanol–water partition coefficient (Wildman–Crippen LogP) is 4.34. The summed E-state index contributed by atoms with van der Waals surface area (Å²) in [6, 6.07) is 14.2. The standard InChI is InChI=1S/C29H33N3O5S/c1-18-8-10-25-23(16-18)27(29(34)35)24-17-22(9-11-26(24)31-25)38(36,37)32-14-12-21(13-15-32)28(33)30-19(2)20-6-4-3-5-7-20/h3-7,9,11,17-19,21H,8,10,12-16H2,1-2H3,(H,30,33)(H,34,35)/t18-,19+/m1/s1. The SMILES string of the molecule is C[C@@H]1CCc2nc3ccc(S(=O)(=O)N4CCC(C(=O)N[C@@H](C)c5ccccc5)CC4)cc3c(C(=O)O)c2C1. The van der Waals surface area contributed by atoms with E-state index in [0.717, 1.165) is 29.7 Å². The summed E-state index contributed by atoms with van der Waals surface area (Å²) in [5, 5.41) is 13.5. The second kappa shape index (κ2) is 10.5. The maximum Gasteiger partial charge on any atom is 0.336 e. The molecule has 1 amide bonds. The number of aromatic carboxylic acids is 1. The minimum Gasteiger partial charge on any atom is -0.478 e. The lowest BCUT2D eigenvalue weighted by Crippen LogP contribution is -2.43. The van der Waals surface area contributed by atoms with Crippen LogP contribution < -0.4 is 5.32 Å². The molecule has 1 saturated heterocycles. The Balaban J connectivity index is 1.34. The van der Waals surface area contributed by atoms with Gasteiger partial charge in [0.2, 0.25) is 15.9 Å². The summed E-state index contributed by atoms with van der Waals surface area (Å²) < 4.78 is 28.5. The fourth-order valence-corrected chi connectivity index (χ4v) is 7.16. The first-order chi connectivity index (χ1) is 18.1. The molecule has 2 aromatic carbocycles. The molecule has 2 heterocycles. The number of carbonyl (C=O) groups is 2. The summed E-state index contributed by atoms with van der Waals surface area (Å²) >= 11 is 0. The maximum atomic E-state index is 13.5. The van der Waals surface area contributed by atoms with E-state index in [4.69, 9.17) is 0 Å². The number of nitrogens with zero attached hydrogens (tertiary/aromatic N) is 2. The Morgan fingerprint density at radius 3 is 2.47 bits per heavy atom. The molecule has 0 saturated carbocycles. The van der Waals surface area contributed by atoms with Gasteiger partial charge in [-0.2, -0.15) is 4.31 Å². The fraction of sp³-hybridized carbons (Fsp3) is 0.414. The zero-order chi connectivity index (χ0) is 27.0. The molecule has 200 valence electrons. The van der Waals surface area contributed by atoms with Crippen LogP contribution in [-0.2, 0) is 27.7 Å². The average Bonchev–Trinajstić information content (AvgIpc) is 2.91. The first-order valence-corrected chi connectivity index (χ1v) is 14.6. The van der Waals surface area contributed by atoms with E-state index in [1.165, 1.54) is 16.4 Å². The van der Waals surface area contributed by atoms with Crippen molar-refractivity contribution in [2.45, 2.75) is 56.9 Å².